The Hall–Kier alpha value is -1.56. The van der Waals surface area contributed by atoms with Crippen LogP contribution in [-0.4, -0.2) is 37.5 Å². The molecule has 0 aromatic carbocycles. The van der Waals surface area contributed by atoms with E-state index in [1.807, 2.05) is 6.92 Å². The number of rotatable bonds is 10. The number of methoxy groups -OCH3 is 2. The van der Waals surface area contributed by atoms with Crippen molar-refractivity contribution in [3.8, 4) is 0 Å². The van der Waals surface area contributed by atoms with Crippen molar-refractivity contribution >= 4 is 11.6 Å². The van der Waals surface area contributed by atoms with Crippen molar-refractivity contribution in [1.29, 1.82) is 0 Å². The molecule has 4 nitrogen and oxygen atoms in total. The molecule has 1 atom stereocenters. The van der Waals surface area contributed by atoms with E-state index in [4.69, 9.17) is 21.1 Å². The largest absolute Gasteiger partial charge is 0.500 e. The van der Waals surface area contributed by atoms with Gasteiger partial charge in [0.2, 0.25) is 0 Å². The summed E-state index contributed by atoms with van der Waals surface area (Å²) in [6.45, 7) is 4.52. The molecule has 1 N–H and O–H groups in total. The standard InChI is InChI=1S/C16H23ClF2N2O2/c1-10(22-3)9-13(23-4)11(2)14-15(17)21-16(20-14)12(5-7-18)6-8-19/h9,11-12H,1,5-8H2,2-4H3,(H,20,21)/b13-9+. The van der Waals surface area contributed by atoms with Crippen LogP contribution in [0.2, 0.25) is 5.15 Å². The van der Waals surface area contributed by atoms with E-state index in [0.717, 1.165) is 0 Å². The van der Waals surface area contributed by atoms with Crippen molar-refractivity contribution in [3.63, 3.8) is 0 Å². The number of nitrogens with zero attached hydrogens (tertiary/aromatic N) is 1. The first-order valence-electron chi connectivity index (χ1n) is 7.34. The van der Waals surface area contributed by atoms with Gasteiger partial charge in [-0.3, -0.25) is 8.78 Å². The molecule has 1 aromatic heterocycles. The average molecular weight is 349 g/mol. The normalized spacial score (nSPS) is 13.3. The van der Waals surface area contributed by atoms with Gasteiger partial charge in [-0.2, -0.15) is 0 Å². The van der Waals surface area contributed by atoms with E-state index in [9.17, 15) is 8.78 Å². The van der Waals surface area contributed by atoms with E-state index >= 15 is 0 Å². The Kier molecular flexibility index (Phi) is 8.09. The molecule has 23 heavy (non-hydrogen) atoms. The summed E-state index contributed by atoms with van der Waals surface area (Å²) in [6, 6.07) is 0. The quantitative estimate of drug-likeness (QED) is 0.494. The van der Waals surface area contributed by atoms with E-state index in [0.29, 0.717) is 23.0 Å². The summed E-state index contributed by atoms with van der Waals surface area (Å²) in [5, 5.41) is 0.265. The Morgan fingerprint density at radius 1 is 1.30 bits per heavy atom. The number of alkyl halides is 2. The number of imidazole rings is 1. The van der Waals surface area contributed by atoms with Crippen molar-refractivity contribution in [1.82, 2.24) is 9.97 Å². The summed E-state index contributed by atoms with van der Waals surface area (Å²) in [6.07, 6.45) is 2.06. The van der Waals surface area contributed by atoms with Gasteiger partial charge < -0.3 is 14.5 Å². The van der Waals surface area contributed by atoms with Gasteiger partial charge in [0.1, 0.15) is 17.3 Å². The van der Waals surface area contributed by atoms with Gasteiger partial charge in [-0.1, -0.05) is 18.2 Å². The second-order valence-electron chi connectivity index (χ2n) is 5.12. The maximum Gasteiger partial charge on any atom is 0.151 e. The second-order valence-corrected chi connectivity index (χ2v) is 5.48. The Morgan fingerprint density at radius 3 is 2.39 bits per heavy atom. The Bertz CT molecular complexity index is 540. The molecule has 0 radical (unpaired) electrons. The lowest BCUT2D eigenvalue weighted by atomic mass is 10.0. The number of halogens is 3. The highest BCUT2D eigenvalue weighted by atomic mass is 35.5. The topological polar surface area (TPSA) is 47.1 Å². The van der Waals surface area contributed by atoms with Gasteiger partial charge in [0.15, 0.2) is 5.15 Å². The Balaban J connectivity index is 3.08. The lowest BCUT2D eigenvalue weighted by molar-refractivity contribution is 0.257. The van der Waals surface area contributed by atoms with Crippen LogP contribution in [0.3, 0.4) is 0 Å². The van der Waals surface area contributed by atoms with Crippen LogP contribution in [0.4, 0.5) is 8.78 Å². The number of hydrogen-bond acceptors (Lipinski definition) is 3. The molecule has 0 aliphatic rings. The summed E-state index contributed by atoms with van der Waals surface area (Å²) in [5.74, 6) is 0.955. The number of aromatic amines is 1. The number of nitrogens with one attached hydrogen (secondary N) is 1. The number of allylic oxidation sites excluding steroid dienone is 2. The highest BCUT2D eigenvalue weighted by Gasteiger charge is 2.23. The molecule has 1 heterocycles. The zero-order chi connectivity index (χ0) is 17.4. The van der Waals surface area contributed by atoms with Gasteiger partial charge in [0, 0.05) is 12.0 Å². The number of aromatic nitrogens is 2. The summed E-state index contributed by atoms with van der Waals surface area (Å²) >= 11 is 6.19. The first kappa shape index (κ1) is 19.5. The molecule has 0 aliphatic heterocycles. The van der Waals surface area contributed by atoms with Gasteiger partial charge in [0.25, 0.3) is 0 Å². The molecule has 1 rings (SSSR count). The zero-order valence-corrected chi connectivity index (χ0v) is 14.4. The first-order chi connectivity index (χ1) is 11.0. The van der Waals surface area contributed by atoms with Crippen LogP contribution in [-0.2, 0) is 9.47 Å². The summed E-state index contributed by atoms with van der Waals surface area (Å²) in [4.78, 5) is 7.31. The smallest absolute Gasteiger partial charge is 0.151 e. The van der Waals surface area contributed by atoms with Crippen LogP contribution < -0.4 is 0 Å². The molecule has 0 saturated heterocycles. The van der Waals surface area contributed by atoms with Gasteiger partial charge in [-0.05, 0) is 19.8 Å². The SMILES string of the molecule is C=C(/C=C(/OC)C(C)c1[nH]c(C(CCF)CCF)nc1Cl)OC. The molecule has 0 aliphatic carbocycles. The van der Waals surface area contributed by atoms with Gasteiger partial charge in [0.05, 0.1) is 39.2 Å². The van der Waals surface area contributed by atoms with E-state index in [2.05, 4.69) is 16.5 Å². The van der Waals surface area contributed by atoms with Crippen LogP contribution in [0, 0.1) is 0 Å². The third kappa shape index (κ3) is 5.23. The summed E-state index contributed by atoms with van der Waals surface area (Å²) in [7, 11) is 3.04. The summed E-state index contributed by atoms with van der Waals surface area (Å²) < 4.78 is 35.6. The van der Waals surface area contributed by atoms with Crippen LogP contribution in [0.25, 0.3) is 0 Å². The van der Waals surface area contributed by atoms with E-state index in [1.54, 1.807) is 6.08 Å². The number of H-pyrrole nitrogens is 1. The van der Waals surface area contributed by atoms with Crippen LogP contribution in [0.5, 0.6) is 0 Å². The van der Waals surface area contributed by atoms with Crippen molar-refractivity contribution in [2.24, 2.45) is 0 Å². The minimum Gasteiger partial charge on any atom is -0.500 e. The Labute approximate surface area is 140 Å². The van der Waals surface area contributed by atoms with Gasteiger partial charge in [-0.15, -0.1) is 0 Å². The lowest BCUT2D eigenvalue weighted by Gasteiger charge is -2.15. The third-order valence-electron chi connectivity index (χ3n) is 3.67. The van der Waals surface area contributed by atoms with E-state index in [-0.39, 0.29) is 29.8 Å². The van der Waals surface area contributed by atoms with Crippen LogP contribution in [0.15, 0.2) is 24.2 Å². The van der Waals surface area contributed by atoms with Crippen molar-refractivity contribution < 1.29 is 18.3 Å². The molecular formula is C16H23ClF2N2O2. The lowest BCUT2D eigenvalue weighted by Crippen LogP contribution is -2.05. The number of ether oxygens (including phenoxy) is 2. The second kappa shape index (κ2) is 9.55. The van der Waals surface area contributed by atoms with Crippen molar-refractivity contribution in [3.05, 3.63) is 40.8 Å². The molecule has 0 fully saturated rings. The maximum atomic E-state index is 12.6. The molecule has 130 valence electrons. The minimum absolute atomic E-state index is 0.203. The van der Waals surface area contributed by atoms with Crippen LogP contribution in [0.1, 0.15) is 43.1 Å². The third-order valence-corrected chi connectivity index (χ3v) is 3.95. The van der Waals surface area contributed by atoms with Crippen molar-refractivity contribution in [2.75, 3.05) is 27.6 Å². The summed E-state index contributed by atoms with van der Waals surface area (Å²) in [5.41, 5.74) is 0.626. The van der Waals surface area contributed by atoms with Crippen LogP contribution >= 0.6 is 11.6 Å². The zero-order valence-electron chi connectivity index (χ0n) is 13.7. The average Bonchev–Trinajstić information content (AvgIpc) is 2.93. The molecular weight excluding hydrogens is 326 g/mol. The fraction of sp³-hybridized carbons (Fsp3) is 0.562. The predicted molar refractivity (Wildman–Crippen MR) is 87.2 cm³/mol. The van der Waals surface area contributed by atoms with E-state index < -0.39 is 13.3 Å². The highest BCUT2D eigenvalue weighted by molar-refractivity contribution is 6.30. The predicted octanol–water partition coefficient (Wildman–Crippen LogP) is 4.66. The molecule has 0 spiro atoms. The monoisotopic (exact) mass is 348 g/mol. The maximum absolute atomic E-state index is 12.6. The van der Waals surface area contributed by atoms with Gasteiger partial charge in [-0.25, -0.2) is 4.98 Å². The Morgan fingerprint density at radius 2 is 1.91 bits per heavy atom. The van der Waals surface area contributed by atoms with Crippen molar-refractivity contribution in [2.45, 2.75) is 31.6 Å². The molecule has 0 saturated carbocycles. The van der Waals surface area contributed by atoms with E-state index in [1.165, 1.54) is 14.2 Å². The molecule has 1 aromatic rings. The molecule has 0 amide bonds. The first-order valence-corrected chi connectivity index (χ1v) is 7.71. The molecule has 1 unspecified atom stereocenters. The highest BCUT2D eigenvalue weighted by Crippen LogP contribution is 2.32. The molecule has 7 heteroatoms. The number of hydrogen-bond donors (Lipinski definition) is 1. The fourth-order valence-electron chi connectivity index (χ4n) is 2.27. The minimum atomic E-state index is -0.537. The van der Waals surface area contributed by atoms with Gasteiger partial charge >= 0.3 is 0 Å². The molecule has 0 bridgehead atoms. The fourth-order valence-corrected chi connectivity index (χ4v) is 2.57.